The van der Waals surface area contributed by atoms with Crippen LogP contribution in [0.4, 0.5) is 34.1 Å². The molecule has 0 saturated heterocycles. The first-order chi connectivity index (χ1) is 23.7. The third-order valence-corrected chi connectivity index (χ3v) is 11.2. The highest BCUT2D eigenvalue weighted by Crippen LogP contribution is 2.53. The Morgan fingerprint density at radius 2 is 1.48 bits per heavy atom. The number of fused-ring (bicyclic) bond motifs is 10. The topological polar surface area (TPSA) is 28.9 Å². The van der Waals surface area contributed by atoms with E-state index in [1.807, 2.05) is 0 Å². The number of allylic oxidation sites excluding steroid dienone is 3. The van der Waals surface area contributed by atoms with E-state index in [0.29, 0.717) is 0 Å². The third kappa shape index (κ3) is 3.36. The van der Waals surface area contributed by atoms with E-state index in [9.17, 15) is 0 Å². The van der Waals surface area contributed by atoms with Gasteiger partial charge >= 0.3 is 0 Å². The Morgan fingerprint density at radius 1 is 0.750 bits per heavy atom. The predicted octanol–water partition coefficient (Wildman–Crippen LogP) is 8.62. The van der Waals surface area contributed by atoms with E-state index in [0.717, 1.165) is 41.3 Å². The molecule has 3 aliphatic heterocycles. The fourth-order valence-electron chi connectivity index (χ4n) is 8.98. The molecule has 1 aromatic heterocycles. The summed E-state index contributed by atoms with van der Waals surface area (Å²) < 4.78 is 13.3. The van der Waals surface area contributed by atoms with E-state index < -0.39 is 0 Å². The van der Waals surface area contributed by atoms with Gasteiger partial charge in [0.1, 0.15) is 23.2 Å². The van der Waals surface area contributed by atoms with E-state index in [4.69, 9.17) is 9.15 Å². The van der Waals surface area contributed by atoms with Crippen LogP contribution in [0.1, 0.15) is 30.2 Å². The molecule has 2 unspecified atom stereocenters. The molecule has 0 saturated carbocycles. The molecule has 5 heteroatoms. The van der Waals surface area contributed by atoms with Crippen LogP contribution in [0.15, 0.2) is 138 Å². The van der Waals surface area contributed by atoms with Gasteiger partial charge in [0.25, 0.3) is 6.71 Å². The van der Waals surface area contributed by atoms with Crippen molar-refractivity contribution in [3.8, 4) is 5.75 Å². The van der Waals surface area contributed by atoms with E-state index in [2.05, 4.69) is 156 Å². The maximum Gasteiger partial charge on any atom is 0.252 e. The van der Waals surface area contributed by atoms with Gasteiger partial charge in [0.05, 0.1) is 11.1 Å². The second kappa shape index (κ2) is 9.45. The lowest BCUT2D eigenvalue weighted by molar-refractivity contribution is 0.228. The summed E-state index contributed by atoms with van der Waals surface area (Å²) in [4.78, 5) is 4.88. The molecule has 0 radical (unpaired) electrons. The molecule has 2 atom stereocenters. The van der Waals surface area contributed by atoms with Crippen molar-refractivity contribution in [1.82, 2.24) is 0 Å². The first-order valence-corrected chi connectivity index (χ1v) is 17.0. The molecule has 0 N–H and O–H groups in total. The molecule has 0 spiro atoms. The van der Waals surface area contributed by atoms with Crippen LogP contribution in [0.5, 0.6) is 5.75 Å². The molecular formula is C43H31BN2O2. The number of hydrogen-bond acceptors (Lipinski definition) is 4. The minimum Gasteiger partial charge on any atom is -0.483 e. The standard InChI is InChI=1S/C43H31BN2O2/c1-43-25-9-8-22-40(43)48-42-30(43)13-10-20-37(42)46-34-17-6-4-15-32(34)44-31-14-3-5-16-33(31)45(35-18-11-19-36(46)41(35)44)27-23-24-29-28-12-2-7-21-38(28)47-39(29)26-27/h3-11,13-26,40H,2,12H2,1H3. The van der Waals surface area contributed by atoms with Crippen molar-refractivity contribution in [2.75, 3.05) is 9.80 Å². The molecule has 0 fully saturated rings. The fourth-order valence-corrected chi connectivity index (χ4v) is 8.98. The number of para-hydroxylation sites is 3. The van der Waals surface area contributed by atoms with Crippen molar-refractivity contribution < 1.29 is 9.15 Å². The highest BCUT2D eigenvalue weighted by Gasteiger charge is 2.47. The van der Waals surface area contributed by atoms with E-state index >= 15 is 0 Å². The molecule has 4 nitrogen and oxygen atoms in total. The Balaban J connectivity index is 1.16. The maximum atomic E-state index is 6.84. The van der Waals surface area contributed by atoms with Crippen molar-refractivity contribution in [2.24, 2.45) is 0 Å². The average molecular weight is 619 g/mol. The zero-order chi connectivity index (χ0) is 31.6. The molecule has 5 aromatic carbocycles. The summed E-state index contributed by atoms with van der Waals surface area (Å²) in [5.74, 6) is 1.95. The fraction of sp³-hybridized carbons (Fsp3) is 0.116. The van der Waals surface area contributed by atoms with Gasteiger partial charge in [-0.15, -0.1) is 0 Å². The zero-order valence-electron chi connectivity index (χ0n) is 26.6. The number of benzene rings is 5. The Kier molecular flexibility index (Phi) is 5.20. The predicted molar refractivity (Wildman–Crippen MR) is 198 cm³/mol. The molecular weight excluding hydrogens is 587 g/mol. The summed E-state index contributed by atoms with van der Waals surface area (Å²) in [6, 6.07) is 38.0. The number of hydrogen-bond donors (Lipinski definition) is 0. The molecule has 48 heavy (non-hydrogen) atoms. The Hall–Kier alpha value is -5.68. The van der Waals surface area contributed by atoms with Gasteiger partial charge in [-0.25, -0.2) is 0 Å². The van der Waals surface area contributed by atoms with Crippen molar-refractivity contribution >= 4 is 74.3 Å². The van der Waals surface area contributed by atoms with Crippen LogP contribution >= 0.6 is 0 Å². The van der Waals surface area contributed by atoms with Crippen molar-refractivity contribution in [2.45, 2.75) is 31.3 Å². The van der Waals surface area contributed by atoms with Gasteiger partial charge in [0.2, 0.25) is 0 Å². The zero-order valence-corrected chi connectivity index (χ0v) is 26.6. The van der Waals surface area contributed by atoms with Gasteiger partial charge in [-0.1, -0.05) is 78.9 Å². The molecule has 5 aliphatic rings. The average Bonchev–Trinajstić information content (AvgIpc) is 3.66. The van der Waals surface area contributed by atoms with Gasteiger partial charge in [-0.05, 0) is 90.8 Å². The van der Waals surface area contributed by atoms with Crippen LogP contribution in [0.2, 0.25) is 0 Å². The molecule has 6 aromatic rings. The highest BCUT2D eigenvalue weighted by molar-refractivity contribution is 7.00. The van der Waals surface area contributed by atoms with Crippen molar-refractivity contribution in [1.29, 1.82) is 0 Å². The number of anilines is 6. The molecule has 2 aliphatic carbocycles. The van der Waals surface area contributed by atoms with Gasteiger partial charge < -0.3 is 19.0 Å². The SMILES string of the molecule is CC12C=CC=CC1Oc1c(N3c4ccccc4B4c5ccccc5N(c5ccc6c7c(oc6c5)C=CCC7)c5cccc3c54)cccc12. The van der Waals surface area contributed by atoms with Crippen molar-refractivity contribution in [3.05, 3.63) is 150 Å². The summed E-state index contributed by atoms with van der Waals surface area (Å²) in [6.45, 7) is 2.37. The molecule has 11 rings (SSSR count). The first-order valence-electron chi connectivity index (χ1n) is 17.0. The Bertz CT molecular complexity index is 2450. The van der Waals surface area contributed by atoms with Crippen LogP contribution in [0, 0.1) is 0 Å². The van der Waals surface area contributed by atoms with Crippen LogP contribution in [0.25, 0.3) is 17.0 Å². The lowest BCUT2D eigenvalue weighted by Gasteiger charge is -2.44. The molecule has 228 valence electrons. The lowest BCUT2D eigenvalue weighted by atomic mass is 9.33. The number of aryl methyl sites for hydroxylation is 1. The smallest absolute Gasteiger partial charge is 0.252 e. The van der Waals surface area contributed by atoms with Crippen LogP contribution < -0.4 is 30.9 Å². The summed E-state index contributed by atoms with van der Waals surface area (Å²) in [6.07, 6.45) is 15.1. The number of rotatable bonds is 2. The first kappa shape index (κ1) is 26.4. The largest absolute Gasteiger partial charge is 0.483 e. The number of furan rings is 1. The van der Waals surface area contributed by atoms with Crippen LogP contribution in [0.3, 0.4) is 0 Å². The molecule has 4 heterocycles. The van der Waals surface area contributed by atoms with Gasteiger partial charge in [0, 0.05) is 51.0 Å². The van der Waals surface area contributed by atoms with Crippen LogP contribution in [-0.4, -0.2) is 12.8 Å². The number of ether oxygens (including phenoxy) is 1. The maximum absolute atomic E-state index is 6.84. The summed E-state index contributed by atoms with van der Waals surface area (Å²) >= 11 is 0. The van der Waals surface area contributed by atoms with Crippen molar-refractivity contribution in [3.63, 3.8) is 0 Å². The van der Waals surface area contributed by atoms with E-state index in [1.165, 1.54) is 55.7 Å². The van der Waals surface area contributed by atoms with E-state index in [1.54, 1.807) is 0 Å². The Morgan fingerprint density at radius 3 is 2.33 bits per heavy atom. The second-order valence-corrected chi connectivity index (χ2v) is 13.7. The third-order valence-electron chi connectivity index (χ3n) is 11.2. The lowest BCUT2D eigenvalue weighted by Crippen LogP contribution is -2.61. The van der Waals surface area contributed by atoms with Gasteiger partial charge in [-0.3, -0.25) is 0 Å². The summed E-state index contributed by atoms with van der Waals surface area (Å²) in [7, 11) is 0. The summed E-state index contributed by atoms with van der Waals surface area (Å²) in [5, 5.41) is 1.22. The van der Waals surface area contributed by atoms with Gasteiger partial charge in [0.15, 0.2) is 0 Å². The molecule has 0 bridgehead atoms. The highest BCUT2D eigenvalue weighted by atomic mass is 16.5. The number of nitrogens with zero attached hydrogens (tertiary/aromatic N) is 2. The Labute approximate surface area is 280 Å². The molecule has 0 amide bonds. The minimum absolute atomic E-state index is 0.0313. The monoisotopic (exact) mass is 618 g/mol. The van der Waals surface area contributed by atoms with Crippen LogP contribution in [-0.2, 0) is 11.8 Å². The van der Waals surface area contributed by atoms with E-state index in [-0.39, 0.29) is 18.2 Å². The van der Waals surface area contributed by atoms with Gasteiger partial charge in [-0.2, -0.15) is 0 Å². The second-order valence-electron chi connectivity index (χ2n) is 13.7. The normalized spacial score (nSPS) is 20.5. The quantitative estimate of drug-likeness (QED) is 0.182. The minimum atomic E-state index is -0.205. The summed E-state index contributed by atoms with van der Waals surface area (Å²) in [5.41, 5.74) is 14.1.